The maximum Gasteiger partial charge on any atom is 0.419 e. The second kappa shape index (κ2) is 12.2. The summed E-state index contributed by atoms with van der Waals surface area (Å²) >= 11 is 13.8. The number of carbonyl (C=O) groups is 1. The van der Waals surface area contributed by atoms with Crippen molar-refractivity contribution in [3.05, 3.63) is 81.4 Å². The number of benzene rings is 2. The zero-order valence-electron chi connectivity index (χ0n) is 25.3. The average Bonchev–Trinajstić information content (AvgIpc) is 3.32. The summed E-state index contributed by atoms with van der Waals surface area (Å²) in [5.41, 5.74) is 2.43. The molecule has 242 valence electrons. The van der Waals surface area contributed by atoms with Crippen molar-refractivity contribution in [1.29, 1.82) is 0 Å². The van der Waals surface area contributed by atoms with Gasteiger partial charge < -0.3 is 24.6 Å². The van der Waals surface area contributed by atoms with Gasteiger partial charge in [-0.2, -0.15) is 13.2 Å². The third-order valence-electron chi connectivity index (χ3n) is 8.49. The van der Waals surface area contributed by atoms with Crippen molar-refractivity contribution >= 4 is 34.8 Å². The Morgan fingerprint density at radius 1 is 1.02 bits per heavy atom. The number of aromatic nitrogens is 3. The zero-order valence-corrected chi connectivity index (χ0v) is 26.8. The number of nitrogens with zero attached hydrogens (tertiary/aromatic N) is 5. The van der Waals surface area contributed by atoms with E-state index >= 15 is 0 Å². The average molecular weight is 676 g/mol. The number of β-amino-alcohol motifs (C(OH)–C–C–N with tert-alkyl or cyclic N) is 1. The Labute approximate surface area is 273 Å². The summed E-state index contributed by atoms with van der Waals surface area (Å²) in [4.78, 5) is 26.1. The minimum atomic E-state index is -4.69. The van der Waals surface area contributed by atoms with Gasteiger partial charge in [-0.3, -0.25) is 9.69 Å². The predicted octanol–water partition coefficient (Wildman–Crippen LogP) is 5.81. The molecule has 0 saturated carbocycles. The number of nitrogens with one attached hydrogen (secondary N) is 1. The molecule has 0 atom stereocenters. The number of likely N-dealkylation sites (tertiary alicyclic amines) is 1. The van der Waals surface area contributed by atoms with Crippen molar-refractivity contribution in [3.63, 3.8) is 0 Å². The van der Waals surface area contributed by atoms with Crippen molar-refractivity contribution < 1.29 is 27.8 Å². The molecule has 0 unspecified atom stereocenters. The number of methoxy groups -OCH3 is 1. The van der Waals surface area contributed by atoms with Crippen LogP contribution >= 0.6 is 23.2 Å². The summed E-state index contributed by atoms with van der Waals surface area (Å²) < 4.78 is 46.5. The van der Waals surface area contributed by atoms with Crippen LogP contribution in [0, 0.1) is 0 Å². The second-order valence-electron chi connectivity index (χ2n) is 11.7. The van der Waals surface area contributed by atoms with E-state index in [9.17, 15) is 23.1 Å². The number of imidazole rings is 1. The van der Waals surface area contributed by atoms with Gasteiger partial charge in [0.15, 0.2) is 11.4 Å². The van der Waals surface area contributed by atoms with Gasteiger partial charge in [0.2, 0.25) is 5.88 Å². The number of amides is 1. The van der Waals surface area contributed by atoms with E-state index in [4.69, 9.17) is 27.9 Å². The smallest absolute Gasteiger partial charge is 0.419 e. The quantitative estimate of drug-likeness (QED) is 0.255. The summed E-state index contributed by atoms with van der Waals surface area (Å²) in [7, 11) is 5.28. The minimum Gasteiger partial charge on any atom is -0.481 e. The summed E-state index contributed by atoms with van der Waals surface area (Å²) in [5, 5.41) is 13.3. The van der Waals surface area contributed by atoms with E-state index in [2.05, 4.69) is 20.2 Å². The highest BCUT2D eigenvalue weighted by Gasteiger charge is 2.60. The molecule has 2 N–H and O–H groups in total. The van der Waals surface area contributed by atoms with Gasteiger partial charge in [0.1, 0.15) is 0 Å². The molecule has 2 aromatic heterocycles. The number of rotatable bonds is 7. The number of alkyl halides is 3. The van der Waals surface area contributed by atoms with E-state index in [0.29, 0.717) is 56.0 Å². The first-order valence-electron chi connectivity index (χ1n) is 14.5. The number of hydrogen-bond acceptors (Lipinski definition) is 7. The molecule has 0 spiro atoms. The van der Waals surface area contributed by atoms with Crippen LogP contribution in [-0.4, -0.2) is 80.9 Å². The molecular weight excluding hydrogens is 644 g/mol. The van der Waals surface area contributed by atoms with Crippen LogP contribution in [0.2, 0.25) is 10.0 Å². The van der Waals surface area contributed by atoms with Crippen LogP contribution < -0.4 is 10.1 Å². The van der Waals surface area contributed by atoms with Gasteiger partial charge >= 0.3 is 6.18 Å². The molecule has 4 aromatic rings. The highest BCUT2D eigenvalue weighted by molar-refractivity contribution is 6.39. The number of ether oxygens (including phenoxy) is 1. The molecule has 14 heteroatoms. The van der Waals surface area contributed by atoms with Crippen LogP contribution in [-0.2, 0) is 26.6 Å². The van der Waals surface area contributed by atoms with E-state index in [1.54, 1.807) is 48.5 Å². The fraction of sp³-hybridized carbons (Fsp3) is 0.344. The van der Waals surface area contributed by atoms with Gasteiger partial charge in [0.25, 0.3) is 5.91 Å². The molecule has 4 heterocycles. The van der Waals surface area contributed by atoms with Gasteiger partial charge in [-0.05, 0) is 19.2 Å². The summed E-state index contributed by atoms with van der Waals surface area (Å²) in [6.07, 6.45) is -3.89. The summed E-state index contributed by atoms with van der Waals surface area (Å²) in [6.45, 7) is 0.626. The van der Waals surface area contributed by atoms with Crippen LogP contribution in [0.5, 0.6) is 5.88 Å². The Balaban J connectivity index is 1.24. The molecule has 1 fully saturated rings. The maximum atomic E-state index is 13.3. The van der Waals surface area contributed by atoms with Crippen molar-refractivity contribution in [2.75, 3.05) is 39.1 Å². The van der Waals surface area contributed by atoms with Crippen LogP contribution in [0.15, 0.2) is 48.5 Å². The fourth-order valence-electron chi connectivity index (χ4n) is 5.96. The fourth-order valence-corrected chi connectivity index (χ4v) is 6.56. The lowest BCUT2D eigenvalue weighted by molar-refractivity contribution is -0.302. The SMILES string of the molecule is COc1nc(-c2cccc(-c3cccc(NC(=O)c4nc5c(n4C)CCN(C)C5)c3Cl)c2Cl)ccc1CN1CC(O)(C(F)(F)F)C1. The van der Waals surface area contributed by atoms with Crippen LogP contribution in [0.3, 0.4) is 0 Å². The van der Waals surface area contributed by atoms with Crippen molar-refractivity contribution in [3.8, 4) is 28.3 Å². The summed E-state index contributed by atoms with van der Waals surface area (Å²) in [5.74, 6) is 0.151. The van der Waals surface area contributed by atoms with E-state index in [1.165, 1.54) is 12.0 Å². The Kier molecular flexibility index (Phi) is 8.53. The molecule has 2 aliphatic rings. The van der Waals surface area contributed by atoms with Crippen molar-refractivity contribution in [2.45, 2.75) is 31.3 Å². The topological polar surface area (TPSA) is 95.7 Å². The minimum absolute atomic E-state index is 0.120. The number of pyridine rings is 1. The zero-order chi connectivity index (χ0) is 33.0. The lowest BCUT2D eigenvalue weighted by Gasteiger charge is -2.47. The Hall–Kier alpha value is -3.68. The molecule has 2 aliphatic heterocycles. The first-order valence-corrected chi connectivity index (χ1v) is 15.2. The number of carbonyl (C=O) groups excluding carboxylic acids is 1. The number of likely N-dealkylation sites (N-methyl/N-ethyl adjacent to an activating group) is 1. The predicted molar refractivity (Wildman–Crippen MR) is 169 cm³/mol. The normalized spacial score (nSPS) is 16.5. The Morgan fingerprint density at radius 2 is 1.70 bits per heavy atom. The van der Waals surface area contributed by atoms with Gasteiger partial charge in [-0.15, -0.1) is 0 Å². The molecule has 1 amide bonds. The van der Waals surface area contributed by atoms with Crippen LogP contribution in [0.25, 0.3) is 22.4 Å². The van der Waals surface area contributed by atoms with E-state index in [0.717, 1.165) is 24.4 Å². The molecule has 0 bridgehead atoms. The monoisotopic (exact) mass is 674 g/mol. The van der Waals surface area contributed by atoms with E-state index in [1.807, 2.05) is 18.7 Å². The lowest BCUT2D eigenvalue weighted by atomic mass is 9.93. The number of hydrogen-bond donors (Lipinski definition) is 2. The summed E-state index contributed by atoms with van der Waals surface area (Å²) in [6, 6.07) is 14.1. The third-order valence-corrected chi connectivity index (χ3v) is 9.30. The molecule has 46 heavy (non-hydrogen) atoms. The lowest BCUT2D eigenvalue weighted by Crippen LogP contribution is -2.68. The van der Waals surface area contributed by atoms with Gasteiger partial charge in [-0.25, -0.2) is 9.97 Å². The number of halogens is 5. The highest BCUT2D eigenvalue weighted by atomic mass is 35.5. The number of aliphatic hydroxyl groups is 1. The standard InChI is InChI=1S/C32H31Cl2F3N6O3/c1-41-13-12-25-24(15-41)38-28(42(25)2)29(44)39-23-9-5-7-20(27(23)34)19-6-4-8-21(26(19)33)22-11-10-18(30(40-22)46-3)14-43-16-31(45,17-43)32(35,36)37/h4-11,45H,12-17H2,1-3H3,(H,39,44). The molecule has 0 radical (unpaired) electrons. The number of anilines is 1. The molecular formula is C32H31Cl2F3N6O3. The Morgan fingerprint density at radius 3 is 2.39 bits per heavy atom. The van der Waals surface area contributed by atoms with Gasteiger partial charge in [-0.1, -0.05) is 59.6 Å². The van der Waals surface area contributed by atoms with Gasteiger partial charge in [0, 0.05) is 74.1 Å². The van der Waals surface area contributed by atoms with Crippen molar-refractivity contribution in [2.24, 2.45) is 7.05 Å². The molecule has 2 aromatic carbocycles. The molecule has 9 nitrogen and oxygen atoms in total. The van der Waals surface area contributed by atoms with E-state index < -0.39 is 24.9 Å². The highest BCUT2D eigenvalue weighted by Crippen LogP contribution is 2.42. The van der Waals surface area contributed by atoms with Crippen molar-refractivity contribution in [1.82, 2.24) is 24.3 Å². The molecule has 0 aliphatic carbocycles. The third kappa shape index (κ3) is 5.84. The number of fused-ring (bicyclic) bond motifs is 1. The molecule has 1 saturated heterocycles. The largest absolute Gasteiger partial charge is 0.481 e. The second-order valence-corrected chi connectivity index (χ2v) is 12.5. The molecule has 6 rings (SSSR count). The van der Waals surface area contributed by atoms with E-state index in [-0.39, 0.29) is 18.3 Å². The first-order chi connectivity index (χ1) is 21.8. The maximum absolute atomic E-state index is 13.3. The Bertz CT molecular complexity index is 1820. The van der Waals surface area contributed by atoms with Crippen LogP contribution in [0.4, 0.5) is 18.9 Å². The first kappa shape index (κ1) is 32.3. The van der Waals surface area contributed by atoms with Crippen LogP contribution in [0.1, 0.15) is 27.6 Å². The van der Waals surface area contributed by atoms with Gasteiger partial charge in [0.05, 0.1) is 34.2 Å².